The number of hydrogen-bond acceptors (Lipinski definition) is 6. The maximum absolute atomic E-state index is 12.8. The van der Waals surface area contributed by atoms with Gasteiger partial charge in [0.1, 0.15) is 5.60 Å². The first-order chi connectivity index (χ1) is 13.9. The maximum Gasteiger partial charge on any atom is 0.410 e. The highest BCUT2D eigenvalue weighted by molar-refractivity contribution is 5.93. The number of nitrogens with zero attached hydrogens (tertiary/aromatic N) is 3. The quantitative estimate of drug-likeness (QED) is 0.768. The fraction of sp³-hybridized carbons (Fsp3) is 0.667. The molecule has 3 heterocycles. The second-order valence-electron chi connectivity index (χ2n) is 9.67. The van der Waals surface area contributed by atoms with Gasteiger partial charge in [-0.2, -0.15) is 0 Å². The number of aromatic carboxylic acids is 1. The lowest BCUT2D eigenvalue weighted by Crippen LogP contribution is -2.65. The monoisotopic (exact) mass is 420 g/mol. The van der Waals surface area contributed by atoms with Crippen LogP contribution in [0.1, 0.15) is 50.9 Å². The molecule has 9 nitrogen and oxygen atoms in total. The molecule has 0 atom stereocenters. The van der Waals surface area contributed by atoms with Crippen LogP contribution in [0.5, 0.6) is 0 Å². The van der Waals surface area contributed by atoms with E-state index in [4.69, 9.17) is 4.74 Å². The molecule has 1 aromatic heterocycles. The summed E-state index contributed by atoms with van der Waals surface area (Å²) in [6.07, 6.45) is 2.74. The van der Waals surface area contributed by atoms with Gasteiger partial charge in [-0.1, -0.05) is 0 Å². The molecular formula is C21H32N4O5. The molecule has 2 fully saturated rings. The Labute approximate surface area is 176 Å². The van der Waals surface area contributed by atoms with Gasteiger partial charge in [-0.3, -0.25) is 4.79 Å². The average molecular weight is 421 g/mol. The Morgan fingerprint density at radius 2 is 1.83 bits per heavy atom. The highest BCUT2D eigenvalue weighted by Gasteiger charge is 2.45. The normalized spacial score (nSPS) is 19.8. The van der Waals surface area contributed by atoms with E-state index in [-0.39, 0.29) is 30.3 Å². The number of carbonyl (C=O) groups excluding carboxylic acids is 1. The molecular weight excluding hydrogens is 388 g/mol. The summed E-state index contributed by atoms with van der Waals surface area (Å²) in [4.78, 5) is 40.7. The number of ether oxygens (including phenoxy) is 1. The van der Waals surface area contributed by atoms with Crippen LogP contribution in [0.4, 0.5) is 10.5 Å². The standard InChI is InChI=1S/C21H32N4O5/c1-20(2,3)30-19(29)24-12-21(4,13-24)25-11-15(18(27)28)16(10-17(25)26)22-14-6-8-23(5)9-7-14/h10-11,14,22H,6-9,12-13H2,1-5H3,(H,27,28). The summed E-state index contributed by atoms with van der Waals surface area (Å²) in [5.41, 5.74) is -1.15. The molecule has 0 radical (unpaired) electrons. The van der Waals surface area contributed by atoms with Crippen LogP contribution >= 0.6 is 0 Å². The molecule has 2 aliphatic rings. The Morgan fingerprint density at radius 3 is 2.37 bits per heavy atom. The number of carboxylic acid groups (broad SMARTS) is 1. The first-order valence-corrected chi connectivity index (χ1v) is 10.3. The summed E-state index contributed by atoms with van der Waals surface area (Å²) in [6.45, 7) is 9.64. The van der Waals surface area contributed by atoms with Crippen molar-refractivity contribution in [2.75, 3.05) is 38.5 Å². The smallest absolute Gasteiger partial charge is 0.410 e. The number of anilines is 1. The van der Waals surface area contributed by atoms with E-state index in [1.165, 1.54) is 21.7 Å². The molecule has 1 amide bonds. The number of nitrogens with one attached hydrogen (secondary N) is 1. The van der Waals surface area contributed by atoms with E-state index in [1.807, 2.05) is 6.92 Å². The van der Waals surface area contributed by atoms with Crippen LogP contribution in [0.3, 0.4) is 0 Å². The van der Waals surface area contributed by atoms with Gasteiger partial charge in [-0.05, 0) is 60.7 Å². The zero-order chi connectivity index (χ0) is 22.3. The highest BCUT2D eigenvalue weighted by atomic mass is 16.6. The van der Waals surface area contributed by atoms with Crippen LogP contribution in [0, 0.1) is 0 Å². The van der Waals surface area contributed by atoms with Crippen molar-refractivity contribution in [2.24, 2.45) is 0 Å². The maximum atomic E-state index is 12.8. The Balaban J connectivity index is 1.78. The van der Waals surface area contributed by atoms with Gasteiger partial charge in [0.2, 0.25) is 0 Å². The van der Waals surface area contributed by atoms with Gasteiger partial charge in [-0.25, -0.2) is 9.59 Å². The number of aromatic nitrogens is 1. The van der Waals surface area contributed by atoms with Crippen LogP contribution in [0.25, 0.3) is 0 Å². The van der Waals surface area contributed by atoms with Crippen LogP contribution in [0.2, 0.25) is 0 Å². The van der Waals surface area contributed by atoms with Crippen LogP contribution in [-0.2, 0) is 10.3 Å². The van der Waals surface area contributed by atoms with Gasteiger partial charge in [0.15, 0.2) is 0 Å². The lowest BCUT2D eigenvalue weighted by Gasteiger charge is -2.48. The molecule has 3 rings (SSSR count). The topological polar surface area (TPSA) is 104 Å². The third kappa shape index (κ3) is 4.77. The number of piperidine rings is 1. The van der Waals surface area contributed by atoms with Crippen molar-refractivity contribution < 1.29 is 19.4 Å². The summed E-state index contributed by atoms with van der Waals surface area (Å²) < 4.78 is 6.79. The number of rotatable bonds is 4. The van der Waals surface area contributed by atoms with Gasteiger partial charge >= 0.3 is 12.1 Å². The minimum Gasteiger partial charge on any atom is -0.478 e. The largest absolute Gasteiger partial charge is 0.478 e. The molecule has 1 aromatic rings. The summed E-state index contributed by atoms with van der Waals surface area (Å²) >= 11 is 0. The molecule has 2 aliphatic heterocycles. The third-order valence-electron chi connectivity index (χ3n) is 5.66. The van der Waals surface area contributed by atoms with E-state index in [9.17, 15) is 19.5 Å². The molecule has 0 aliphatic carbocycles. The summed E-state index contributed by atoms with van der Waals surface area (Å²) in [6, 6.07) is 1.50. The highest BCUT2D eigenvalue weighted by Crippen LogP contribution is 2.30. The third-order valence-corrected chi connectivity index (χ3v) is 5.66. The zero-order valence-corrected chi connectivity index (χ0v) is 18.4. The lowest BCUT2D eigenvalue weighted by atomic mass is 9.91. The fourth-order valence-corrected chi connectivity index (χ4v) is 4.00. The summed E-state index contributed by atoms with van der Waals surface area (Å²) in [5, 5.41) is 13.0. The van der Waals surface area contributed by atoms with E-state index in [2.05, 4.69) is 17.3 Å². The predicted molar refractivity (Wildman–Crippen MR) is 113 cm³/mol. The molecule has 2 saturated heterocycles. The number of pyridine rings is 1. The van der Waals surface area contributed by atoms with Crippen molar-refractivity contribution in [2.45, 2.75) is 57.7 Å². The molecule has 0 aromatic carbocycles. The van der Waals surface area contributed by atoms with Crippen LogP contribution in [-0.4, -0.2) is 76.4 Å². The minimum absolute atomic E-state index is 0.0606. The Kier molecular flexibility index (Phi) is 5.86. The predicted octanol–water partition coefficient (Wildman–Crippen LogP) is 2.02. The van der Waals surface area contributed by atoms with Gasteiger partial charge in [0.25, 0.3) is 5.56 Å². The summed E-state index contributed by atoms with van der Waals surface area (Å²) in [7, 11) is 2.06. The molecule has 9 heteroatoms. The lowest BCUT2D eigenvalue weighted by molar-refractivity contribution is -0.0241. The number of carbonyl (C=O) groups is 2. The molecule has 166 valence electrons. The van der Waals surface area contributed by atoms with Gasteiger partial charge in [-0.15, -0.1) is 0 Å². The van der Waals surface area contributed by atoms with Crippen molar-refractivity contribution in [3.63, 3.8) is 0 Å². The molecule has 0 bridgehead atoms. The minimum atomic E-state index is -1.09. The van der Waals surface area contributed by atoms with E-state index in [0.29, 0.717) is 5.69 Å². The average Bonchev–Trinajstić information content (AvgIpc) is 2.59. The van der Waals surface area contributed by atoms with Crippen LogP contribution < -0.4 is 10.9 Å². The summed E-state index contributed by atoms with van der Waals surface area (Å²) in [5.74, 6) is -1.09. The molecule has 30 heavy (non-hydrogen) atoms. The second kappa shape index (κ2) is 7.94. The zero-order valence-electron chi connectivity index (χ0n) is 18.4. The Hall–Kier alpha value is -2.55. The number of carboxylic acids is 1. The Bertz CT molecular complexity index is 874. The number of likely N-dealkylation sites (tertiary alicyclic amines) is 2. The van der Waals surface area contributed by atoms with E-state index in [1.54, 1.807) is 20.8 Å². The second-order valence-corrected chi connectivity index (χ2v) is 9.67. The number of hydrogen-bond donors (Lipinski definition) is 2. The Morgan fingerprint density at radius 1 is 1.23 bits per heavy atom. The van der Waals surface area contributed by atoms with Gasteiger partial charge < -0.3 is 29.5 Å². The van der Waals surface area contributed by atoms with Crippen molar-refractivity contribution >= 4 is 17.7 Å². The van der Waals surface area contributed by atoms with Crippen molar-refractivity contribution in [1.29, 1.82) is 0 Å². The number of amides is 1. The molecule has 0 unspecified atom stereocenters. The van der Waals surface area contributed by atoms with E-state index < -0.39 is 23.2 Å². The van der Waals surface area contributed by atoms with Crippen LogP contribution in [0.15, 0.2) is 17.1 Å². The fourth-order valence-electron chi connectivity index (χ4n) is 4.00. The SMILES string of the molecule is CN1CCC(Nc2cc(=O)n(C3(C)CN(C(=O)OC(C)(C)C)C3)cc2C(=O)O)CC1. The molecule has 0 saturated carbocycles. The van der Waals surface area contributed by atoms with E-state index in [0.717, 1.165) is 25.9 Å². The molecule has 0 spiro atoms. The van der Waals surface area contributed by atoms with Crippen molar-refractivity contribution in [1.82, 2.24) is 14.4 Å². The van der Waals surface area contributed by atoms with Crippen molar-refractivity contribution in [3.05, 3.63) is 28.2 Å². The first-order valence-electron chi connectivity index (χ1n) is 10.3. The van der Waals surface area contributed by atoms with Gasteiger partial charge in [0.05, 0.1) is 16.8 Å². The first kappa shape index (κ1) is 22.1. The molecule has 2 N–H and O–H groups in total. The van der Waals surface area contributed by atoms with Gasteiger partial charge in [0, 0.05) is 31.4 Å². The van der Waals surface area contributed by atoms with Crippen molar-refractivity contribution in [3.8, 4) is 0 Å². The van der Waals surface area contributed by atoms with E-state index >= 15 is 0 Å².